The van der Waals surface area contributed by atoms with Crippen LogP contribution in [0.3, 0.4) is 0 Å². The predicted molar refractivity (Wildman–Crippen MR) is 109 cm³/mol. The molecular weight excluding hydrogens is 369 g/mol. The van der Waals surface area contributed by atoms with Crippen LogP contribution in [0.15, 0.2) is 54.9 Å². The Labute approximate surface area is 168 Å². The summed E-state index contributed by atoms with van der Waals surface area (Å²) in [5.41, 5.74) is 2.23. The van der Waals surface area contributed by atoms with E-state index in [-0.39, 0.29) is 17.8 Å². The molecule has 0 saturated carbocycles. The molecule has 1 N–H and O–H groups in total. The average Bonchev–Trinajstić information content (AvgIpc) is 2.74. The zero-order valence-electron chi connectivity index (χ0n) is 16.2. The van der Waals surface area contributed by atoms with E-state index in [9.17, 15) is 9.18 Å². The van der Waals surface area contributed by atoms with Crippen LogP contribution in [0.25, 0.3) is 11.3 Å². The highest BCUT2D eigenvalue weighted by atomic mass is 19.1. The average molecular weight is 391 g/mol. The topological polar surface area (TPSA) is 71.0 Å². The zero-order chi connectivity index (χ0) is 20.2. The summed E-state index contributed by atoms with van der Waals surface area (Å²) in [4.78, 5) is 27.5. The lowest BCUT2D eigenvalue weighted by molar-refractivity contribution is -0.132. The lowest BCUT2D eigenvalue weighted by Crippen LogP contribution is -2.37. The molecule has 7 heteroatoms. The molecule has 3 aromatic rings. The van der Waals surface area contributed by atoms with Crippen molar-refractivity contribution >= 4 is 17.4 Å². The third-order valence-corrected chi connectivity index (χ3v) is 5.02. The Balaban J connectivity index is 1.76. The van der Waals surface area contributed by atoms with Gasteiger partial charge in [0, 0.05) is 43.2 Å². The second-order valence-corrected chi connectivity index (χ2v) is 7.09. The first-order chi connectivity index (χ1) is 14.1. The number of halogens is 1. The highest BCUT2D eigenvalue weighted by Crippen LogP contribution is 2.32. The fourth-order valence-corrected chi connectivity index (χ4v) is 3.64. The summed E-state index contributed by atoms with van der Waals surface area (Å²) >= 11 is 0. The summed E-state index contributed by atoms with van der Waals surface area (Å²) in [5, 5.41) is 3.17. The number of carbonyl (C=O) groups is 1. The number of hydrogen-bond donors (Lipinski definition) is 1. The van der Waals surface area contributed by atoms with Crippen LogP contribution in [0.5, 0.6) is 0 Å². The number of likely N-dealkylation sites (tertiary alicyclic amines) is 1. The summed E-state index contributed by atoms with van der Waals surface area (Å²) in [6.45, 7) is 2.28. The van der Waals surface area contributed by atoms with Gasteiger partial charge in [-0.15, -0.1) is 0 Å². The number of piperidine rings is 1. The second-order valence-electron chi connectivity index (χ2n) is 7.09. The standard InChI is InChI=1S/C22H22FN5O/c1-15(29)28-12-3-2-7-20(28)22-26-19(16-8-10-24-11-9-16)14-21(27-22)25-18-6-4-5-17(23)13-18/h4-6,8-11,13-14,20H,2-3,7,12H2,1H3,(H,25,26,27)/t20-/m1/s1. The van der Waals surface area contributed by atoms with Crippen LogP contribution in [0, 0.1) is 5.82 Å². The van der Waals surface area contributed by atoms with Crippen molar-refractivity contribution in [3.8, 4) is 11.3 Å². The Kier molecular flexibility index (Phi) is 5.46. The van der Waals surface area contributed by atoms with E-state index in [2.05, 4.69) is 15.3 Å². The SMILES string of the molecule is CC(=O)N1CCCC[C@@H]1c1nc(Nc2cccc(F)c2)cc(-c2ccncc2)n1. The molecule has 148 valence electrons. The lowest BCUT2D eigenvalue weighted by atomic mass is 10.0. The Morgan fingerprint density at radius 3 is 2.72 bits per heavy atom. The number of aromatic nitrogens is 3. The summed E-state index contributed by atoms with van der Waals surface area (Å²) in [7, 11) is 0. The van der Waals surface area contributed by atoms with E-state index in [4.69, 9.17) is 4.98 Å². The molecule has 1 fully saturated rings. The number of nitrogens with one attached hydrogen (secondary N) is 1. The van der Waals surface area contributed by atoms with Crippen LogP contribution in [-0.4, -0.2) is 32.3 Å². The van der Waals surface area contributed by atoms with Crippen molar-refractivity contribution in [1.82, 2.24) is 19.9 Å². The van der Waals surface area contributed by atoms with Gasteiger partial charge in [-0.2, -0.15) is 0 Å². The smallest absolute Gasteiger partial charge is 0.220 e. The number of rotatable bonds is 4. The van der Waals surface area contributed by atoms with Gasteiger partial charge >= 0.3 is 0 Å². The van der Waals surface area contributed by atoms with Crippen molar-refractivity contribution in [2.75, 3.05) is 11.9 Å². The zero-order valence-corrected chi connectivity index (χ0v) is 16.2. The molecule has 4 rings (SSSR count). The minimum Gasteiger partial charge on any atom is -0.340 e. The molecule has 1 aliphatic heterocycles. The van der Waals surface area contributed by atoms with Gasteiger partial charge in [-0.3, -0.25) is 9.78 Å². The molecule has 0 spiro atoms. The molecule has 0 unspecified atom stereocenters. The fraction of sp³-hybridized carbons (Fsp3) is 0.273. The van der Waals surface area contributed by atoms with Crippen LogP contribution in [0.2, 0.25) is 0 Å². The molecule has 0 bridgehead atoms. The van der Waals surface area contributed by atoms with Crippen LogP contribution < -0.4 is 5.32 Å². The largest absolute Gasteiger partial charge is 0.340 e. The van der Waals surface area contributed by atoms with Crippen molar-refractivity contribution in [3.05, 3.63) is 66.5 Å². The van der Waals surface area contributed by atoms with E-state index in [0.29, 0.717) is 23.9 Å². The molecule has 1 atom stereocenters. The Bertz CT molecular complexity index is 1010. The summed E-state index contributed by atoms with van der Waals surface area (Å²) < 4.78 is 13.6. The first kappa shape index (κ1) is 19.0. The summed E-state index contributed by atoms with van der Waals surface area (Å²) in [5.74, 6) is 0.843. The molecule has 1 aliphatic rings. The number of nitrogens with zero attached hydrogens (tertiary/aromatic N) is 4. The third-order valence-electron chi connectivity index (χ3n) is 5.02. The van der Waals surface area contributed by atoms with Crippen molar-refractivity contribution in [1.29, 1.82) is 0 Å². The van der Waals surface area contributed by atoms with Crippen molar-refractivity contribution < 1.29 is 9.18 Å². The summed E-state index contributed by atoms with van der Waals surface area (Å²) in [6.07, 6.45) is 6.23. The minimum atomic E-state index is -0.325. The van der Waals surface area contributed by atoms with Gasteiger partial charge in [0.25, 0.3) is 0 Å². The third kappa shape index (κ3) is 4.39. The molecule has 1 amide bonds. The van der Waals surface area contributed by atoms with E-state index in [1.165, 1.54) is 12.1 Å². The van der Waals surface area contributed by atoms with E-state index >= 15 is 0 Å². The van der Waals surface area contributed by atoms with Gasteiger partial charge in [-0.25, -0.2) is 14.4 Å². The van der Waals surface area contributed by atoms with Crippen LogP contribution in [0.1, 0.15) is 38.1 Å². The molecule has 1 aromatic carbocycles. The maximum atomic E-state index is 13.6. The van der Waals surface area contributed by atoms with E-state index in [1.807, 2.05) is 23.1 Å². The van der Waals surface area contributed by atoms with Gasteiger partial charge < -0.3 is 10.2 Å². The van der Waals surface area contributed by atoms with Crippen molar-refractivity contribution in [3.63, 3.8) is 0 Å². The number of carbonyl (C=O) groups excluding carboxylic acids is 1. The highest BCUT2D eigenvalue weighted by Gasteiger charge is 2.28. The van der Waals surface area contributed by atoms with Crippen molar-refractivity contribution in [2.24, 2.45) is 0 Å². The van der Waals surface area contributed by atoms with Gasteiger partial charge in [-0.1, -0.05) is 6.07 Å². The lowest BCUT2D eigenvalue weighted by Gasteiger charge is -2.34. The normalized spacial score (nSPS) is 16.5. The number of anilines is 2. The van der Waals surface area contributed by atoms with Crippen LogP contribution in [0.4, 0.5) is 15.9 Å². The van der Waals surface area contributed by atoms with Crippen LogP contribution >= 0.6 is 0 Å². The van der Waals surface area contributed by atoms with Crippen LogP contribution in [-0.2, 0) is 4.79 Å². The fourth-order valence-electron chi connectivity index (χ4n) is 3.64. The van der Waals surface area contributed by atoms with Gasteiger partial charge in [0.05, 0.1) is 11.7 Å². The van der Waals surface area contributed by atoms with E-state index in [1.54, 1.807) is 31.5 Å². The number of hydrogen-bond acceptors (Lipinski definition) is 5. The molecule has 0 radical (unpaired) electrons. The highest BCUT2D eigenvalue weighted by molar-refractivity contribution is 5.74. The molecule has 0 aliphatic carbocycles. The Morgan fingerprint density at radius 1 is 1.14 bits per heavy atom. The van der Waals surface area contributed by atoms with Gasteiger partial charge in [0.1, 0.15) is 11.6 Å². The Morgan fingerprint density at radius 2 is 1.97 bits per heavy atom. The maximum absolute atomic E-state index is 13.6. The Hall–Kier alpha value is -3.35. The number of pyridine rings is 1. The molecule has 2 aromatic heterocycles. The quantitative estimate of drug-likeness (QED) is 0.709. The first-order valence-corrected chi connectivity index (χ1v) is 9.69. The van der Waals surface area contributed by atoms with Crippen molar-refractivity contribution in [2.45, 2.75) is 32.2 Å². The second kappa shape index (κ2) is 8.34. The van der Waals surface area contributed by atoms with E-state index < -0.39 is 0 Å². The minimum absolute atomic E-state index is 0.0206. The van der Waals surface area contributed by atoms with Gasteiger partial charge in [0.15, 0.2) is 5.82 Å². The molecule has 6 nitrogen and oxygen atoms in total. The van der Waals surface area contributed by atoms with Gasteiger partial charge in [0.2, 0.25) is 5.91 Å². The van der Waals surface area contributed by atoms with E-state index in [0.717, 1.165) is 30.5 Å². The monoisotopic (exact) mass is 391 g/mol. The first-order valence-electron chi connectivity index (χ1n) is 9.69. The van der Waals surface area contributed by atoms with Gasteiger partial charge in [-0.05, 0) is 49.6 Å². The number of benzene rings is 1. The predicted octanol–water partition coefficient (Wildman–Crippen LogP) is 4.49. The maximum Gasteiger partial charge on any atom is 0.220 e. The molecule has 29 heavy (non-hydrogen) atoms. The molecule has 1 saturated heterocycles. The number of amides is 1. The molecule has 3 heterocycles. The summed E-state index contributed by atoms with van der Waals surface area (Å²) in [6, 6.07) is 11.6. The molecular formula is C22H22FN5O.